The summed E-state index contributed by atoms with van der Waals surface area (Å²) in [5.74, 6) is -0.669. The lowest BCUT2D eigenvalue weighted by molar-refractivity contribution is -0.138. The molecule has 1 amide bonds. The number of aromatic nitrogens is 5. The second-order valence-electron chi connectivity index (χ2n) is 9.54. The first-order valence-electron chi connectivity index (χ1n) is 12.0. The monoisotopic (exact) mass is 602 g/mol. The van der Waals surface area contributed by atoms with E-state index in [-0.39, 0.29) is 17.8 Å². The number of carbonyl (C=O) groups excluding carboxylic acids is 1. The fourth-order valence-electron chi connectivity index (χ4n) is 4.03. The maximum absolute atomic E-state index is 13.3. The highest BCUT2D eigenvalue weighted by atomic mass is 79.9. The van der Waals surface area contributed by atoms with Crippen molar-refractivity contribution in [3.8, 4) is 11.6 Å². The van der Waals surface area contributed by atoms with E-state index in [1.165, 1.54) is 20.2 Å². The Hall–Kier alpha value is -3.80. The molecule has 0 aliphatic heterocycles. The van der Waals surface area contributed by atoms with Crippen molar-refractivity contribution in [1.29, 1.82) is 0 Å². The van der Waals surface area contributed by atoms with Gasteiger partial charge in [-0.3, -0.25) is 4.79 Å². The SMILES string of the molecule is CC(NC(=O)C(C)(C)Oc1ccc(C(F)(F)F)cn1)C(Cc1ccc(Br)cc1)c1cccc(-n2cnnn2)c1. The maximum Gasteiger partial charge on any atom is 0.417 e. The number of pyridine rings is 1. The van der Waals surface area contributed by atoms with Crippen LogP contribution in [0.2, 0.25) is 0 Å². The van der Waals surface area contributed by atoms with E-state index in [0.29, 0.717) is 12.6 Å². The van der Waals surface area contributed by atoms with Crippen molar-refractivity contribution < 1.29 is 22.7 Å². The molecule has 8 nitrogen and oxygen atoms in total. The molecule has 0 saturated carbocycles. The van der Waals surface area contributed by atoms with Crippen molar-refractivity contribution in [2.75, 3.05) is 0 Å². The number of nitrogens with zero attached hydrogens (tertiary/aromatic N) is 5. The highest BCUT2D eigenvalue weighted by Crippen LogP contribution is 2.30. The van der Waals surface area contributed by atoms with Crippen LogP contribution in [0.3, 0.4) is 0 Å². The number of hydrogen-bond donors (Lipinski definition) is 1. The second-order valence-corrected chi connectivity index (χ2v) is 10.5. The number of halogens is 4. The lowest BCUT2D eigenvalue weighted by atomic mass is 9.86. The summed E-state index contributed by atoms with van der Waals surface area (Å²) < 4.78 is 46.8. The van der Waals surface area contributed by atoms with Crippen LogP contribution >= 0.6 is 15.9 Å². The van der Waals surface area contributed by atoms with Crippen molar-refractivity contribution in [3.63, 3.8) is 0 Å². The molecule has 39 heavy (non-hydrogen) atoms. The molecule has 0 aliphatic rings. The average molecular weight is 603 g/mol. The number of nitrogens with one attached hydrogen (secondary N) is 1. The molecule has 2 unspecified atom stereocenters. The minimum atomic E-state index is -4.51. The van der Waals surface area contributed by atoms with Crippen LogP contribution in [0.5, 0.6) is 5.88 Å². The lowest BCUT2D eigenvalue weighted by Gasteiger charge is -2.31. The van der Waals surface area contributed by atoms with Gasteiger partial charge in [-0.15, -0.1) is 5.10 Å². The van der Waals surface area contributed by atoms with Gasteiger partial charge in [-0.25, -0.2) is 9.67 Å². The zero-order valence-corrected chi connectivity index (χ0v) is 22.9. The molecular formula is C27H26BrF3N6O2. The molecule has 0 fully saturated rings. The third kappa shape index (κ3) is 7.20. The molecule has 0 aliphatic carbocycles. The maximum atomic E-state index is 13.3. The molecule has 2 aromatic carbocycles. The van der Waals surface area contributed by atoms with Gasteiger partial charge in [0.25, 0.3) is 5.91 Å². The number of amides is 1. The molecule has 0 saturated heterocycles. The molecule has 0 spiro atoms. The van der Waals surface area contributed by atoms with Gasteiger partial charge in [-0.1, -0.05) is 40.2 Å². The Morgan fingerprint density at radius 2 is 1.85 bits per heavy atom. The highest BCUT2D eigenvalue weighted by molar-refractivity contribution is 9.10. The van der Waals surface area contributed by atoms with Crippen LogP contribution < -0.4 is 10.1 Å². The summed E-state index contributed by atoms with van der Waals surface area (Å²) in [5.41, 5.74) is 0.500. The van der Waals surface area contributed by atoms with Crippen molar-refractivity contribution in [2.24, 2.45) is 0 Å². The zero-order chi connectivity index (χ0) is 28.2. The molecule has 2 aromatic heterocycles. The summed E-state index contributed by atoms with van der Waals surface area (Å²) >= 11 is 3.46. The van der Waals surface area contributed by atoms with Crippen LogP contribution in [0.1, 0.15) is 43.4 Å². The van der Waals surface area contributed by atoms with E-state index < -0.39 is 23.2 Å². The molecule has 204 valence electrons. The van der Waals surface area contributed by atoms with Gasteiger partial charge in [0, 0.05) is 28.7 Å². The standard InChI is InChI=1S/C27H26BrF3N6O2/c1-17(34-25(38)26(2,3)39-24-12-9-20(15-32-24)27(29,30)31)23(13-18-7-10-21(28)11-8-18)19-5-4-6-22(14-19)37-16-33-35-36-37/h4-12,14-17,23H,13H2,1-3H3,(H,34,38). The van der Waals surface area contributed by atoms with Crippen LogP contribution in [0.25, 0.3) is 5.69 Å². The van der Waals surface area contributed by atoms with Crippen LogP contribution in [-0.2, 0) is 17.4 Å². The second kappa shape index (κ2) is 11.5. The Balaban J connectivity index is 1.55. The number of rotatable bonds is 9. The summed E-state index contributed by atoms with van der Waals surface area (Å²) in [6, 6.07) is 17.3. The predicted molar refractivity (Wildman–Crippen MR) is 141 cm³/mol. The van der Waals surface area contributed by atoms with Gasteiger partial charge >= 0.3 is 6.18 Å². The number of ether oxygens (including phenoxy) is 1. The van der Waals surface area contributed by atoms with Gasteiger partial charge in [-0.2, -0.15) is 13.2 Å². The summed E-state index contributed by atoms with van der Waals surface area (Å²) in [5, 5.41) is 14.4. The van der Waals surface area contributed by atoms with Gasteiger partial charge < -0.3 is 10.1 Å². The van der Waals surface area contributed by atoms with E-state index in [0.717, 1.165) is 33.4 Å². The highest BCUT2D eigenvalue weighted by Gasteiger charge is 2.34. The average Bonchev–Trinajstić information content (AvgIpc) is 3.43. The first-order valence-corrected chi connectivity index (χ1v) is 12.8. The van der Waals surface area contributed by atoms with E-state index in [1.807, 2.05) is 55.5 Å². The number of carbonyl (C=O) groups is 1. The number of tetrazole rings is 1. The van der Waals surface area contributed by atoms with E-state index in [1.54, 1.807) is 4.68 Å². The summed E-state index contributed by atoms with van der Waals surface area (Å²) in [7, 11) is 0. The zero-order valence-electron chi connectivity index (χ0n) is 21.4. The van der Waals surface area contributed by atoms with Crippen molar-refractivity contribution in [1.82, 2.24) is 30.5 Å². The van der Waals surface area contributed by atoms with Gasteiger partial charge in [0.1, 0.15) is 6.33 Å². The molecule has 0 bridgehead atoms. The van der Waals surface area contributed by atoms with E-state index in [2.05, 4.69) is 41.8 Å². The smallest absolute Gasteiger partial charge is 0.417 e. The molecule has 2 heterocycles. The Labute approximate surface area is 231 Å². The number of alkyl halides is 3. The van der Waals surface area contributed by atoms with Gasteiger partial charge in [-0.05, 0) is 79.1 Å². The third-order valence-electron chi connectivity index (χ3n) is 6.21. The van der Waals surface area contributed by atoms with Crippen LogP contribution in [-0.4, -0.2) is 42.7 Å². The minimum absolute atomic E-state index is 0.0867. The Kier molecular flexibility index (Phi) is 8.34. The normalized spacial score (nSPS) is 13.5. The van der Waals surface area contributed by atoms with E-state index in [9.17, 15) is 18.0 Å². The topological polar surface area (TPSA) is 94.8 Å². The van der Waals surface area contributed by atoms with Crippen LogP contribution in [0, 0.1) is 0 Å². The van der Waals surface area contributed by atoms with Crippen LogP contribution in [0.4, 0.5) is 13.2 Å². The van der Waals surface area contributed by atoms with Crippen LogP contribution in [0.15, 0.2) is 77.7 Å². The summed E-state index contributed by atoms with van der Waals surface area (Å²) in [6.45, 7) is 4.98. The Morgan fingerprint density at radius 3 is 2.46 bits per heavy atom. The molecule has 4 aromatic rings. The quantitative estimate of drug-likeness (QED) is 0.271. The Bertz CT molecular complexity index is 1390. The van der Waals surface area contributed by atoms with Gasteiger partial charge in [0.05, 0.1) is 11.3 Å². The van der Waals surface area contributed by atoms with Crippen molar-refractivity contribution in [3.05, 3.63) is 94.4 Å². The van der Waals surface area contributed by atoms with Gasteiger partial charge in [0.15, 0.2) is 5.60 Å². The molecule has 0 radical (unpaired) electrons. The summed E-state index contributed by atoms with van der Waals surface area (Å²) in [4.78, 5) is 17.0. The molecule has 4 rings (SSSR count). The third-order valence-corrected chi connectivity index (χ3v) is 6.74. The largest absolute Gasteiger partial charge is 0.462 e. The fourth-order valence-corrected chi connectivity index (χ4v) is 4.30. The fraction of sp³-hybridized carbons (Fsp3) is 0.296. The van der Waals surface area contributed by atoms with Crippen molar-refractivity contribution >= 4 is 21.8 Å². The first-order chi connectivity index (χ1) is 18.4. The lowest BCUT2D eigenvalue weighted by Crippen LogP contribution is -2.51. The van der Waals surface area contributed by atoms with Crippen molar-refractivity contribution in [2.45, 2.75) is 50.9 Å². The molecule has 1 N–H and O–H groups in total. The Morgan fingerprint density at radius 1 is 1.10 bits per heavy atom. The van der Waals surface area contributed by atoms with Gasteiger partial charge in [0.2, 0.25) is 5.88 Å². The number of benzene rings is 2. The first kappa shape index (κ1) is 28.2. The van der Waals surface area contributed by atoms with E-state index in [4.69, 9.17) is 4.74 Å². The van der Waals surface area contributed by atoms with E-state index >= 15 is 0 Å². The summed E-state index contributed by atoms with van der Waals surface area (Å²) in [6.07, 6.45) is -1.71. The molecule has 12 heteroatoms. The predicted octanol–water partition coefficient (Wildman–Crippen LogP) is 5.53. The number of hydrogen-bond acceptors (Lipinski definition) is 6. The molecular weight excluding hydrogens is 577 g/mol. The minimum Gasteiger partial charge on any atom is -0.462 e. The molecule has 2 atom stereocenters.